The van der Waals surface area contributed by atoms with E-state index >= 15 is 0 Å². The topological polar surface area (TPSA) is 46.6 Å². The zero-order chi connectivity index (χ0) is 15.5. The zero-order valence-electron chi connectivity index (χ0n) is 11.9. The first-order valence-electron chi connectivity index (χ1n) is 6.83. The highest BCUT2D eigenvalue weighted by Gasteiger charge is 2.27. The molecule has 2 rings (SSSR count). The van der Waals surface area contributed by atoms with Crippen LogP contribution in [0, 0.1) is 11.7 Å². The molecule has 0 aromatic heterocycles. The number of alkyl halides is 1. The van der Waals surface area contributed by atoms with Gasteiger partial charge < -0.3 is 4.74 Å². The molecule has 0 radical (unpaired) electrons. The molecule has 1 aliphatic heterocycles. The molecule has 1 aromatic rings. The lowest BCUT2D eigenvalue weighted by Crippen LogP contribution is -2.35. The van der Waals surface area contributed by atoms with E-state index in [1.165, 1.54) is 23.5 Å². The molecule has 7 heteroatoms. The molecule has 4 nitrogen and oxygen atoms in total. The van der Waals surface area contributed by atoms with Crippen molar-refractivity contribution in [3.05, 3.63) is 29.6 Å². The average Bonchev–Trinajstić information content (AvgIpc) is 2.48. The molecule has 21 heavy (non-hydrogen) atoms. The van der Waals surface area contributed by atoms with Gasteiger partial charge in [-0.3, -0.25) is 0 Å². The Bertz CT molecular complexity index is 588. The predicted octanol–water partition coefficient (Wildman–Crippen LogP) is 2.61. The molecule has 1 saturated heterocycles. The Hall–Kier alpha value is -0.690. The molecule has 1 aromatic carbocycles. The van der Waals surface area contributed by atoms with E-state index in [4.69, 9.17) is 16.3 Å². The number of rotatable bonds is 5. The number of benzene rings is 1. The van der Waals surface area contributed by atoms with Gasteiger partial charge in [0, 0.05) is 26.1 Å². The van der Waals surface area contributed by atoms with Crippen molar-refractivity contribution in [1.29, 1.82) is 0 Å². The van der Waals surface area contributed by atoms with Gasteiger partial charge in [0.2, 0.25) is 10.0 Å². The van der Waals surface area contributed by atoms with Crippen LogP contribution in [0.1, 0.15) is 18.4 Å². The minimum Gasteiger partial charge on any atom is -0.381 e. The summed E-state index contributed by atoms with van der Waals surface area (Å²) in [4.78, 5) is -0.0586. The molecule has 1 aliphatic rings. The average molecular weight is 336 g/mol. The Morgan fingerprint density at radius 3 is 2.86 bits per heavy atom. The second-order valence-corrected chi connectivity index (χ2v) is 7.53. The lowest BCUT2D eigenvalue weighted by atomic mass is 10.0. The SMILES string of the molecule is CN(CC1CCCOC1)S(=O)(=O)c1cc(F)ccc1CCl. The fourth-order valence-corrected chi connectivity index (χ4v) is 4.25. The molecule has 0 bridgehead atoms. The highest BCUT2D eigenvalue weighted by molar-refractivity contribution is 7.89. The van der Waals surface area contributed by atoms with Gasteiger partial charge in [0.25, 0.3) is 0 Å². The van der Waals surface area contributed by atoms with E-state index in [9.17, 15) is 12.8 Å². The van der Waals surface area contributed by atoms with Crippen LogP contribution >= 0.6 is 11.6 Å². The van der Waals surface area contributed by atoms with Gasteiger partial charge in [-0.25, -0.2) is 17.1 Å². The third-order valence-corrected chi connectivity index (χ3v) is 5.82. The normalized spacial score (nSPS) is 19.9. The van der Waals surface area contributed by atoms with Crippen molar-refractivity contribution in [2.75, 3.05) is 26.8 Å². The van der Waals surface area contributed by atoms with Gasteiger partial charge in [-0.1, -0.05) is 6.07 Å². The van der Waals surface area contributed by atoms with Crippen LogP contribution in [-0.4, -0.2) is 39.5 Å². The van der Waals surface area contributed by atoms with Crippen molar-refractivity contribution in [2.24, 2.45) is 5.92 Å². The Kier molecular flexibility index (Phi) is 5.60. The van der Waals surface area contributed by atoms with Crippen LogP contribution in [0.15, 0.2) is 23.1 Å². The van der Waals surface area contributed by atoms with Crippen LogP contribution in [0.2, 0.25) is 0 Å². The fraction of sp³-hybridized carbons (Fsp3) is 0.571. The van der Waals surface area contributed by atoms with E-state index in [1.807, 2.05) is 0 Å². The van der Waals surface area contributed by atoms with Gasteiger partial charge in [0.1, 0.15) is 5.82 Å². The van der Waals surface area contributed by atoms with Gasteiger partial charge in [-0.2, -0.15) is 0 Å². The Morgan fingerprint density at radius 2 is 2.24 bits per heavy atom. The van der Waals surface area contributed by atoms with E-state index in [0.717, 1.165) is 25.5 Å². The van der Waals surface area contributed by atoms with Crippen molar-refractivity contribution in [2.45, 2.75) is 23.6 Å². The van der Waals surface area contributed by atoms with Crippen molar-refractivity contribution >= 4 is 21.6 Å². The summed E-state index contributed by atoms with van der Waals surface area (Å²) in [6.45, 7) is 1.65. The minimum atomic E-state index is -3.75. The van der Waals surface area contributed by atoms with Gasteiger partial charge in [-0.05, 0) is 36.5 Å². The van der Waals surface area contributed by atoms with Crippen LogP contribution in [-0.2, 0) is 20.6 Å². The maximum atomic E-state index is 13.4. The van der Waals surface area contributed by atoms with Gasteiger partial charge in [-0.15, -0.1) is 11.6 Å². The van der Waals surface area contributed by atoms with Crippen molar-refractivity contribution < 1.29 is 17.5 Å². The van der Waals surface area contributed by atoms with E-state index in [-0.39, 0.29) is 16.7 Å². The third-order valence-electron chi connectivity index (χ3n) is 3.63. The molecular formula is C14H19ClFNO3S. The van der Waals surface area contributed by atoms with Crippen molar-refractivity contribution in [3.63, 3.8) is 0 Å². The Labute approximate surface area is 129 Å². The Morgan fingerprint density at radius 1 is 1.48 bits per heavy atom. The molecule has 118 valence electrons. The van der Waals surface area contributed by atoms with Gasteiger partial charge in [0.05, 0.1) is 11.5 Å². The predicted molar refractivity (Wildman–Crippen MR) is 79.3 cm³/mol. The first-order valence-corrected chi connectivity index (χ1v) is 8.81. The number of nitrogens with zero attached hydrogens (tertiary/aromatic N) is 1. The van der Waals surface area contributed by atoms with Crippen LogP contribution < -0.4 is 0 Å². The van der Waals surface area contributed by atoms with Crippen LogP contribution in [0.4, 0.5) is 4.39 Å². The largest absolute Gasteiger partial charge is 0.381 e. The lowest BCUT2D eigenvalue weighted by Gasteiger charge is -2.27. The van der Waals surface area contributed by atoms with Crippen LogP contribution in [0.5, 0.6) is 0 Å². The summed E-state index contributed by atoms with van der Waals surface area (Å²) in [5.74, 6) is -0.391. The second-order valence-electron chi connectivity index (χ2n) is 5.25. The zero-order valence-corrected chi connectivity index (χ0v) is 13.5. The van der Waals surface area contributed by atoms with Crippen molar-refractivity contribution in [1.82, 2.24) is 4.31 Å². The molecule has 1 fully saturated rings. The maximum Gasteiger partial charge on any atom is 0.243 e. The molecule has 1 heterocycles. The molecule has 1 atom stereocenters. The number of hydrogen-bond donors (Lipinski definition) is 0. The highest BCUT2D eigenvalue weighted by Crippen LogP contribution is 2.24. The number of hydrogen-bond acceptors (Lipinski definition) is 3. The van der Waals surface area contributed by atoms with Gasteiger partial charge in [0.15, 0.2) is 0 Å². The standard InChI is InChI=1S/C14H19ClFNO3S/c1-17(9-11-3-2-6-20-10-11)21(18,19)14-7-13(16)5-4-12(14)8-15/h4-5,7,11H,2-3,6,8-10H2,1H3. The summed E-state index contributed by atoms with van der Waals surface area (Å²) >= 11 is 5.76. The third kappa shape index (κ3) is 3.94. The molecule has 0 aliphatic carbocycles. The fourth-order valence-electron chi connectivity index (χ4n) is 2.46. The summed E-state index contributed by atoms with van der Waals surface area (Å²) in [5, 5.41) is 0. The molecule has 0 amide bonds. The smallest absolute Gasteiger partial charge is 0.243 e. The molecular weight excluding hydrogens is 317 g/mol. The molecule has 1 unspecified atom stereocenters. The minimum absolute atomic E-state index is 0.0230. The Balaban J connectivity index is 2.22. The molecule has 0 saturated carbocycles. The molecule has 0 N–H and O–H groups in total. The van der Waals surface area contributed by atoms with Crippen molar-refractivity contribution in [3.8, 4) is 0 Å². The van der Waals surface area contributed by atoms with Gasteiger partial charge >= 0.3 is 0 Å². The van der Waals surface area contributed by atoms with E-state index < -0.39 is 15.8 Å². The second kappa shape index (κ2) is 7.05. The summed E-state index contributed by atoms with van der Waals surface area (Å²) in [6, 6.07) is 3.65. The quantitative estimate of drug-likeness (QED) is 0.777. The van der Waals surface area contributed by atoms with Crippen LogP contribution in [0.25, 0.3) is 0 Å². The van der Waals surface area contributed by atoms with E-state index in [2.05, 4.69) is 0 Å². The summed E-state index contributed by atoms with van der Waals surface area (Å²) in [5.41, 5.74) is 0.407. The van der Waals surface area contributed by atoms with Crippen LogP contribution in [0.3, 0.4) is 0 Å². The summed E-state index contributed by atoms with van der Waals surface area (Å²) in [7, 11) is -2.24. The number of halogens is 2. The first kappa shape index (κ1) is 16.7. The summed E-state index contributed by atoms with van der Waals surface area (Å²) < 4.78 is 45.2. The first-order chi connectivity index (χ1) is 9.95. The van der Waals surface area contributed by atoms with E-state index in [1.54, 1.807) is 0 Å². The summed E-state index contributed by atoms with van der Waals surface area (Å²) in [6.07, 6.45) is 1.87. The number of ether oxygens (including phenoxy) is 1. The highest BCUT2D eigenvalue weighted by atomic mass is 35.5. The maximum absolute atomic E-state index is 13.4. The monoisotopic (exact) mass is 335 g/mol. The lowest BCUT2D eigenvalue weighted by molar-refractivity contribution is 0.0495. The molecule has 0 spiro atoms. The number of sulfonamides is 1. The van der Waals surface area contributed by atoms with E-state index in [0.29, 0.717) is 18.7 Å².